The predicted octanol–water partition coefficient (Wildman–Crippen LogP) is 3.50. The number of piperazine rings is 1. The van der Waals surface area contributed by atoms with Gasteiger partial charge in [0.25, 0.3) is 5.56 Å². The third-order valence-corrected chi connectivity index (χ3v) is 6.30. The number of aromatic nitrogens is 3. The summed E-state index contributed by atoms with van der Waals surface area (Å²) >= 11 is 0. The fourth-order valence-corrected chi connectivity index (χ4v) is 4.16. The first-order valence-corrected chi connectivity index (χ1v) is 12.4. The molecule has 216 valence electrons. The van der Waals surface area contributed by atoms with E-state index in [1.165, 1.54) is 10.6 Å². The van der Waals surface area contributed by atoms with Gasteiger partial charge in [0, 0.05) is 61.3 Å². The Morgan fingerprint density at radius 2 is 1.76 bits per heavy atom. The van der Waals surface area contributed by atoms with Gasteiger partial charge < -0.3 is 30.7 Å². The van der Waals surface area contributed by atoms with Crippen molar-refractivity contribution in [2.45, 2.75) is 6.18 Å². The van der Waals surface area contributed by atoms with E-state index in [9.17, 15) is 18.0 Å². The number of carbonyl (C=O) groups is 1. The van der Waals surface area contributed by atoms with Gasteiger partial charge in [0.1, 0.15) is 5.75 Å². The van der Waals surface area contributed by atoms with Crippen LogP contribution in [0.2, 0.25) is 0 Å². The Kier molecular flexibility index (Phi) is 8.62. The van der Waals surface area contributed by atoms with E-state index in [2.05, 4.69) is 38.2 Å². The van der Waals surface area contributed by atoms with Gasteiger partial charge in [-0.15, -0.1) is 0 Å². The molecule has 0 bridgehead atoms. The van der Waals surface area contributed by atoms with Gasteiger partial charge in [0.05, 0.1) is 18.5 Å². The van der Waals surface area contributed by atoms with Crippen molar-refractivity contribution in [2.24, 2.45) is 0 Å². The van der Waals surface area contributed by atoms with Crippen molar-refractivity contribution in [1.29, 1.82) is 0 Å². The minimum absolute atomic E-state index is 0.197. The number of nitrogen functional groups attached to an aromatic ring is 1. The maximum absolute atomic E-state index is 12.7. The number of aliphatic carboxylic acids is 1. The third-order valence-electron chi connectivity index (χ3n) is 6.30. The number of hydrogen-bond acceptors (Lipinski definition) is 9. The van der Waals surface area contributed by atoms with Gasteiger partial charge in [-0.25, -0.2) is 9.78 Å². The normalized spacial score (nSPS) is 13.8. The average molecular weight is 572 g/mol. The Labute approximate surface area is 232 Å². The van der Waals surface area contributed by atoms with Crippen LogP contribution in [0.15, 0.2) is 65.6 Å². The molecule has 0 spiro atoms. The molecule has 1 aliphatic heterocycles. The molecule has 0 radical (unpaired) electrons. The molecule has 4 N–H and O–H groups in total. The Morgan fingerprint density at radius 3 is 2.39 bits per heavy atom. The summed E-state index contributed by atoms with van der Waals surface area (Å²) in [5.41, 5.74) is 9.32. The number of fused-ring (bicyclic) bond motifs is 1. The standard InChI is InChI=1S/C25H27N7O2.C2HF3O2/c1-30-10-12-31(13-11-30)19-7-8-21(22(15-19)34-2)28-25-27-16-17-6-9-23(33)32(24(17)29-25)20-5-3-4-18(26)14-20;3-2(4,5)1(6)7/h3-9,14-16H,10-13,26H2,1-2H3,(H,27,28,29);(H,6,7). The van der Waals surface area contributed by atoms with Crippen LogP contribution in [-0.4, -0.2) is 77.0 Å². The molecular formula is C27H28F3N7O4. The predicted molar refractivity (Wildman–Crippen MR) is 149 cm³/mol. The summed E-state index contributed by atoms with van der Waals surface area (Å²) in [5, 5.41) is 11.1. The number of anilines is 4. The molecule has 5 rings (SSSR count). The van der Waals surface area contributed by atoms with Crippen molar-refractivity contribution in [3.05, 3.63) is 71.1 Å². The van der Waals surface area contributed by atoms with Crippen LogP contribution in [0.25, 0.3) is 16.7 Å². The molecule has 0 unspecified atom stereocenters. The highest BCUT2D eigenvalue weighted by Gasteiger charge is 2.38. The second kappa shape index (κ2) is 12.1. The van der Waals surface area contributed by atoms with Gasteiger partial charge in [-0.05, 0) is 43.4 Å². The molecule has 11 nitrogen and oxygen atoms in total. The van der Waals surface area contributed by atoms with Crippen LogP contribution < -0.4 is 26.2 Å². The number of carboxylic acids is 1. The number of carboxylic acid groups (broad SMARTS) is 1. The number of pyridine rings is 1. The maximum Gasteiger partial charge on any atom is 0.490 e. The summed E-state index contributed by atoms with van der Waals surface area (Å²) in [5.74, 6) is -1.70. The van der Waals surface area contributed by atoms with E-state index >= 15 is 0 Å². The maximum atomic E-state index is 12.7. The lowest BCUT2D eigenvalue weighted by Crippen LogP contribution is -2.44. The number of nitrogens with two attached hydrogens (primary N) is 1. The van der Waals surface area contributed by atoms with E-state index in [1.54, 1.807) is 31.5 Å². The highest BCUT2D eigenvalue weighted by molar-refractivity contribution is 5.78. The van der Waals surface area contributed by atoms with Crippen LogP contribution in [0, 0.1) is 0 Å². The third kappa shape index (κ3) is 7.03. The summed E-state index contributed by atoms with van der Waals surface area (Å²) < 4.78 is 38.9. The van der Waals surface area contributed by atoms with Gasteiger partial charge >= 0.3 is 12.1 Å². The molecule has 1 fully saturated rings. The number of nitrogens with zero attached hydrogens (tertiary/aromatic N) is 5. The van der Waals surface area contributed by atoms with Crippen molar-refractivity contribution in [3.8, 4) is 11.4 Å². The van der Waals surface area contributed by atoms with Crippen molar-refractivity contribution in [2.75, 3.05) is 56.3 Å². The summed E-state index contributed by atoms with van der Waals surface area (Å²) in [7, 11) is 3.79. The Hall–Kier alpha value is -4.85. The quantitative estimate of drug-likeness (QED) is 0.305. The van der Waals surface area contributed by atoms with Crippen molar-refractivity contribution < 1.29 is 27.8 Å². The van der Waals surface area contributed by atoms with Gasteiger partial charge in [-0.2, -0.15) is 18.2 Å². The molecule has 14 heteroatoms. The minimum Gasteiger partial charge on any atom is -0.494 e. The molecule has 2 aromatic carbocycles. The molecule has 0 aliphatic carbocycles. The summed E-state index contributed by atoms with van der Waals surface area (Å²) in [6.07, 6.45) is -3.39. The zero-order valence-electron chi connectivity index (χ0n) is 22.2. The van der Waals surface area contributed by atoms with Gasteiger partial charge in [0.2, 0.25) is 5.95 Å². The van der Waals surface area contributed by atoms with Crippen LogP contribution >= 0.6 is 0 Å². The molecule has 0 saturated carbocycles. The number of likely N-dealkylation sites (N-methyl/N-ethyl adjacent to an activating group) is 1. The number of benzene rings is 2. The fourth-order valence-electron chi connectivity index (χ4n) is 4.16. The first-order valence-electron chi connectivity index (χ1n) is 12.4. The lowest BCUT2D eigenvalue weighted by molar-refractivity contribution is -0.192. The molecule has 3 heterocycles. The smallest absolute Gasteiger partial charge is 0.490 e. The van der Waals surface area contributed by atoms with E-state index in [0.29, 0.717) is 28.7 Å². The molecule has 0 amide bonds. The SMILES string of the molecule is COc1cc(N2CCN(C)CC2)ccc1Nc1ncc2ccc(=O)n(-c3cccc(N)c3)c2n1.O=C(O)C(F)(F)F. The summed E-state index contributed by atoms with van der Waals surface area (Å²) in [6, 6.07) is 16.4. The Balaban J connectivity index is 0.000000493. The number of hydrogen-bond donors (Lipinski definition) is 3. The van der Waals surface area contributed by atoms with Crippen LogP contribution in [0.1, 0.15) is 0 Å². The number of nitrogens with one attached hydrogen (secondary N) is 1. The number of rotatable bonds is 5. The minimum atomic E-state index is -5.08. The van der Waals surface area contributed by atoms with Crippen LogP contribution in [0.4, 0.5) is 36.2 Å². The Bertz CT molecular complexity index is 1600. The van der Waals surface area contributed by atoms with Gasteiger partial charge in [-0.1, -0.05) is 6.07 Å². The number of ether oxygens (including phenoxy) is 1. The molecule has 1 saturated heterocycles. The van der Waals surface area contributed by atoms with E-state index in [0.717, 1.165) is 42.9 Å². The van der Waals surface area contributed by atoms with Gasteiger partial charge in [0.15, 0.2) is 5.65 Å². The van der Waals surface area contributed by atoms with E-state index in [4.69, 9.17) is 20.4 Å². The molecule has 1 aliphatic rings. The molecular weight excluding hydrogens is 543 g/mol. The molecule has 2 aromatic heterocycles. The number of alkyl halides is 3. The van der Waals surface area contributed by atoms with Crippen LogP contribution in [-0.2, 0) is 4.79 Å². The summed E-state index contributed by atoms with van der Waals surface area (Å²) in [4.78, 5) is 35.4. The lowest BCUT2D eigenvalue weighted by Gasteiger charge is -2.34. The highest BCUT2D eigenvalue weighted by Crippen LogP contribution is 2.32. The topological polar surface area (TPSA) is 139 Å². The second-order valence-corrected chi connectivity index (χ2v) is 9.18. The van der Waals surface area contributed by atoms with E-state index in [-0.39, 0.29) is 5.56 Å². The van der Waals surface area contributed by atoms with Crippen molar-refractivity contribution in [3.63, 3.8) is 0 Å². The number of methoxy groups -OCH3 is 1. The largest absolute Gasteiger partial charge is 0.494 e. The molecule has 41 heavy (non-hydrogen) atoms. The second-order valence-electron chi connectivity index (χ2n) is 9.18. The van der Waals surface area contributed by atoms with Gasteiger partial charge in [-0.3, -0.25) is 9.36 Å². The lowest BCUT2D eigenvalue weighted by atomic mass is 10.2. The molecule has 4 aromatic rings. The zero-order chi connectivity index (χ0) is 29.7. The number of halogens is 3. The first kappa shape index (κ1) is 29.1. The van der Waals surface area contributed by atoms with E-state index < -0.39 is 12.1 Å². The monoisotopic (exact) mass is 571 g/mol. The van der Waals surface area contributed by atoms with Crippen LogP contribution in [0.3, 0.4) is 0 Å². The highest BCUT2D eigenvalue weighted by atomic mass is 19.4. The zero-order valence-corrected chi connectivity index (χ0v) is 22.2. The molecule has 0 atom stereocenters. The van der Waals surface area contributed by atoms with Crippen molar-refractivity contribution >= 4 is 40.0 Å². The van der Waals surface area contributed by atoms with E-state index in [1.807, 2.05) is 24.3 Å². The fraction of sp³-hybridized carbons (Fsp3) is 0.259. The first-order chi connectivity index (χ1) is 19.5. The van der Waals surface area contributed by atoms with Crippen molar-refractivity contribution in [1.82, 2.24) is 19.4 Å². The average Bonchev–Trinajstić information content (AvgIpc) is 2.93. The summed E-state index contributed by atoms with van der Waals surface area (Å²) in [6.45, 7) is 4.01. The Morgan fingerprint density at radius 1 is 1.05 bits per heavy atom. The van der Waals surface area contributed by atoms with Crippen LogP contribution in [0.5, 0.6) is 5.75 Å².